The van der Waals surface area contributed by atoms with E-state index in [2.05, 4.69) is 15.5 Å². The van der Waals surface area contributed by atoms with Crippen molar-refractivity contribution < 1.29 is 9.57 Å². The summed E-state index contributed by atoms with van der Waals surface area (Å²) in [6.45, 7) is 0.452. The second-order valence-corrected chi connectivity index (χ2v) is 2.29. The number of hydrogen-bond acceptors (Lipinski definition) is 5. The lowest BCUT2D eigenvalue weighted by Gasteiger charge is -1.98. The molecule has 0 radical (unpaired) electrons. The molecule has 0 fully saturated rings. The van der Waals surface area contributed by atoms with E-state index in [0.717, 1.165) is 5.69 Å². The fourth-order valence-electron chi connectivity index (χ4n) is 1.06. The van der Waals surface area contributed by atoms with Crippen LogP contribution in [0.3, 0.4) is 0 Å². The maximum Gasteiger partial charge on any atom is 0.165 e. The minimum Gasteiger partial charge on any atom is -0.471 e. The lowest BCUT2D eigenvalue weighted by molar-refractivity contribution is 0.329. The zero-order valence-electron chi connectivity index (χ0n) is 6.11. The fraction of sp³-hybridized carbons (Fsp3) is 0.143. The third-order valence-corrected chi connectivity index (χ3v) is 1.59. The summed E-state index contributed by atoms with van der Waals surface area (Å²) in [5.74, 6) is 1.06. The zero-order valence-corrected chi connectivity index (χ0v) is 6.11. The highest BCUT2D eigenvalue weighted by atomic mass is 16.7. The monoisotopic (exact) mass is 166 g/mol. The predicted octanol–water partition coefficient (Wildman–Crippen LogP) is 1.51. The SMILES string of the molecule is O=NOc1ccc2c(c1)OCN2. The number of hydrogen-bond donors (Lipinski definition) is 1. The van der Waals surface area contributed by atoms with E-state index in [1.165, 1.54) is 0 Å². The Kier molecular flexibility index (Phi) is 1.55. The van der Waals surface area contributed by atoms with Gasteiger partial charge < -0.3 is 14.9 Å². The van der Waals surface area contributed by atoms with Gasteiger partial charge in [0.2, 0.25) is 0 Å². The van der Waals surface area contributed by atoms with Crippen LogP contribution in [0, 0.1) is 4.91 Å². The fourth-order valence-corrected chi connectivity index (χ4v) is 1.06. The molecular formula is C7H6N2O3. The summed E-state index contributed by atoms with van der Waals surface area (Å²) in [6.07, 6.45) is 0. The first kappa shape index (κ1) is 6.90. The maximum absolute atomic E-state index is 9.75. The number of nitrogens with zero attached hydrogens (tertiary/aromatic N) is 1. The van der Waals surface area contributed by atoms with Crippen molar-refractivity contribution in [1.29, 1.82) is 0 Å². The summed E-state index contributed by atoms with van der Waals surface area (Å²) in [5, 5.41) is 5.29. The van der Waals surface area contributed by atoms with Crippen molar-refractivity contribution in [2.75, 3.05) is 12.0 Å². The summed E-state index contributed by atoms with van der Waals surface area (Å²) in [5.41, 5.74) is 0.897. The van der Waals surface area contributed by atoms with Crippen LogP contribution >= 0.6 is 0 Å². The molecule has 0 unspecified atom stereocenters. The minimum absolute atomic E-state index is 0.382. The Morgan fingerprint density at radius 3 is 3.33 bits per heavy atom. The summed E-state index contributed by atoms with van der Waals surface area (Å²) in [4.78, 5) is 14.1. The van der Waals surface area contributed by atoms with Crippen LogP contribution in [0.5, 0.6) is 11.5 Å². The van der Waals surface area contributed by atoms with E-state index in [1.54, 1.807) is 18.2 Å². The van der Waals surface area contributed by atoms with Crippen molar-refractivity contribution in [2.45, 2.75) is 0 Å². The number of nitrogens with one attached hydrogen (secondary N) is 1. The van der Waals surface area contributed by atoms with E-state index >= 15 is 0 Å². The predicted molar refractivity (Wildman–Crippen MR) is 42.0 cm³/mol. The molecule has 1 aliphatic rings. The van der Waals surface area contributed by atoms with Gasteiger partial charge in [0.15, 0.2) is 17.8 Å². The third kappa shape index (κ3) is 1.05. The van der Waals surface area contributed by atoms with Crippen LogP contribution in [0.15, 0.2) is 23.5 Å². The van der Waals surface area contributed by atoms with E-state index in [-0.39, 0.29) is 0 Å². The topological polar surface area (TPSA) is 59.9 Å². The molecule has 0 spiro atoms. The maximum atomic E-state index is 9.75. The highest BCUT2D eigenvalue weighted by molar-refractivity contribution is 5.61. The molecule has 1 aromatic rings. The Morgan fingerprint density at radius 2 is 2.50 bits per heavy atom. The van der Waals surface area contributed by atoms with Crippen LogP contribution in [0.4, 0.5) is 5.69 Å². The van der Waals surface area contributed by atoms with E-state index < -0.39 is 0 Å². The van der Waals surface area contributed by atoms with Gasteiger partial charge in [-0.2, -0.15) is 0 Å². The van der Waals surface area contributed by atoms with Gasteiger partial charge in [0.05, 0.1) is 5.69 Å². The van der Waals surface area contributed by atoms with Gasteiger partial charge in [-0.15, -0.1) is 4.91 Å². The van der Waals surface area contributed by atoms with Gasteiger partial charge in [-0.3, -0.25) is 0 Å². The van der Waals surface area contributed by atoms with Gasteiger partial charge in [0, 0.05) is 6.07 Å². The van der Waals surface area contributed by atoms with Crippen LogP contribution in [-0.4, -0.2) is 6.73 Å². The van der Waals surface area contributed by atoms with Crippen molar-refractivity contribution in [3.05, 3.63) is 23.1 Å². The van der Waals surface area contributed by atoms with Crippen LogP contribution in [-0.2, 0) is 0 Å². The molecule has 0 atom stereocenters. The Bertz CT molecular complexity index is 314. The zero-order chi connectivity index (χ0) is 8.39. The average molecular weight is 166 g/mol. The molecule has 5 nitrogen and oxygen atoms in total. The molecule has 0 aliphatic carbocycles. The molecule has 0 saturated heterocycles. The molecule has 1 aliphatic heterocycles. The number of anilines is 1. The Balaban J connectivity index is 2.32. The van der Waals surface area contributed by atoms with Crippen LogP contribution in [0.1, 0.15) is 0 Å². The number of rotatable bonds is 2. The largest absolute Gasteiger partial charge is 0.471 e. The van der Waals surface area contributed by atoms with Gasteiger partial charge in [-0.05, 0) is 12.1 Å². The van der Waals surface area contributed by atoms with Crippen LogP contribution < -0.4 is 14.9 Å². The van der Waals surface area contributed by atoms with E-state index in [4.69, 9.17) is 4.74 Å². The Morgan fingerprint density at radius 1 is 1.58 bits per heavy atom. The van der Waals surface area contributed by atoms with Gasteiger partial charge >= 0.3 is 0 Å². The smallest absolute Gasteiger partial charge is 0.165 e. The summed E-state index contributed by atoms with van der Waals surface area (Å²) >= 11 is 0. The highest BCUT2D eigenvalue weighted by Crippen LogP contribution is 2.32. The van der Waals surface area contributed by atoms with Crippen LogP contribution in [0.25, 0.3) is 0 Å². The number of fused-ring (bicyclic) bond motifs is 1. The van der Waals surface area contributed by atoms with Crippen molar-refractivity contribution in [3.8, 4) is 11.5 Å². The van der Waals surface area contributed by atoms with Crippen LogP contribution in [0.2, 0.25) is 0 Å². The van der Waals surface area contributed by atoms with Gasteiger partial charge in [-0.25, -0.2) is 0 Å². The molecule has 0 bridgehead atoms. The molecule has 1 N–H and O–H groups in total. The Hall–Kier alpha value is -1.78. The van der Waals surface area contributed by atoms with Gasteiger partial charge in [0.25, 0.3) is 0 Å². The van der Waals surface area contributed by atoms with E-state index in [0.29, 0.717) is 18.2 Å². The number of ether oxygens (including phenoxy) is 1. The van der Waals surface area contributed by atoms with E-state index in [1.807, 2.05) is 0 Å². The molecular weight excluding hydrogens is 160 g/mol. The molecule has 62 valence electrons. The Labute approximate surface area is 68.2 Å². The first-order valence-corrected chi connectivity index (χ1v) is 3.40. The second-order valence-electron chi connectivity index (χ2n) is 2.29. The molecule has 0 aromatic heterocycles. The first-order valence-electron chi connectivity index (χ1n) is 3.40. The summed E-state index contributed by atoms with van der Waals surface area (Å²) in [6, 6.07) is 5.02. The number of benzene rings is 1. The standard InChI is InChI=1S/C7H6N2O3/c10-9-12-5-1-2-6-7(3-5)11-4-8-6/h1-3,8H,4H2. The lowest BCUT2D eigenvalue weighted by atomic mass is 10.3. The second kappa shape index (κ2) is 2.69. The molecule has 2 rings (SSSR count). The minimum atomic E-state index is 0.382. The van der Waals surface area contributed by atoms with E-state index in [9.17, 15) is 4.91 Å². The summed E-state index contributed by atoms with van der Waals surface area (Å²) in [7, 11) is 0. The quantitative estimate of drug-likeness (QED) is 0.534. The molecule has 5 heteroatoms. The molecule has 1 aromatic carbocycles. The third-order valence-electron chi connectivity index (χ3n) is 1.59. The normalized spacial score (nSPS) is 12.7. The molecule has 1 heterocycles. The van der Waals surface area contributed by atoms with Gasteiger partial charge in [0.1, 0.15) is 5.75 Å². The highest BCUT2D eigenvalue weighted by Gasteiger charge is 2.11. The van der Waals surface area contributed by atoms with Crippen molar-refractivity contribution >= 4 is 5.69 Å². The van der Waals surface area contributed by atoms with Gasteiger partial charge in [-0.1, -0.05) is 0 Å². The first-order chi connectivity index (χ1) is 5.90. The van der Waals surface area contributed by atoms with Crippen molar-refractivity contribution in [1.82, 2.24) is 0 Å². The molecule has 0 saturated carbocycles. The van der Waals surface area contributed by atoms with Crippen molar-refractivity contribution in [3.63, 3.8) is 0 Å². The summed E-state index contributed by atoms with van der Waals surface area (Å²) < 4.78 is 5.15. The average Bonchev–Trinajstić information content (AvgIpc) is 2.51. The molecule has 0 amide bonds. The molecule has 12 heavy (non-hydrogen) atoms. The van der Waals surface area contributed by atoms with Crippen molar-refractivity contribution in [2.24, 2.45) is 5.34 Å². The lowest BCUT2D eigenvalue weighted by Crippen LogP contribution is -1.96.